The number of aromatic nitrogens is 4. The molecule has 2 rings (SSSR count). The number of carbonyl (C=O) groups excluding carboxylic acids is 1. The van der Waals surface area contributed by atoms with E-state index in [9.17, 15) is 14.4 Å². The maximum Gasteiger partial charge on any atom is 0.332 e. The van der Waals surface area contributed by atoms with Crippen LogP contribution < -0.4 is 11.2 Å². The second kappa shape index (κ2) is 10.8. The SMILES string of the molecule is CCOC(=O)CCCCCCCCCCn1c(=O)c2c(ncn2C)n(C)c1=O. The van der Waals surface area contributed by atoms with Crippen molar-refractivity contribution >= 4 is 17.1 Å². The van der Waals surface area contributed by atoms with Crippen molar-refractivity contribution in [2.24, 2.45) is 14.1 Å². The van der Waals surface area contributed by atoms with Crippen LogP contribution in [0.15, 0.2) is 15.9 Å². The van der Waals surface area contributed by atoms with Gasteiger partial charge in [-0.1, -0.05) is 38.5 Å². The highest BCUT2D eigenvalue weighted by molar-refractivity contribution is 5.69. The van der Waals surface area contributed by atoms with Crippen LogP contribution >= 0.6 is 0 Å². The van der Waals surface area contributed by atoms with Gasteiger partial charge in [0.2, 0.25) is 0 Å². The molecule has 0 aliphatic rings. The Kier molecular flexibility index (Phi) is 8.47. The number of nitrogens with zero attached hydrogens (tertiary/aromatic N) is 4. The first kappa shape index (κ1) is 21.9. The van der Waals surface area contributed by atoms with Crippen molar-refractivity contribution in [1.82, 2.24) is 18.7 Å². The Hall–Kier alpha value is -2.38. The number of hydrogen-bond acceptors (Lipinski definition) is 5. The van der Waals surface area contributed by atoms with Gasteiger partial charge >= 0.3 is 11.7 Å². The van der Waals surface area contributed by atoms with E-state index in [-0.39, 0.29) is 17.2 Å². The summed E-state index contributed by atoms with van der Waals surface area (Å²) < 4.78 is 9.33. The van der Waals surface area contributed by atoms with Crippen LogP contribution in [-0.4, -0.2) is 31.3 Å². The molecular weight excluding hydrogens is 360 g/mol. The van der Waals surface area contributed by atoms with Crippen molar-refractivity contribution in [2.45, 2.75) is 71.3 Å². The number of rotatable bonds is 12. The number of fused-ring (bicyclic) bond motifs is 1. The van der Waals surface area contributed by atoms with Crippen molar-refractivity contribution in [2.75, 3.05) is 6.61 Å². The zero-order valence-corrected chi connectivity index (χ0v) is 17.3. The van der Waals surface area contributed by atoms with Crippen molar-refractivity contribution in [3.05, 3.63) is 27.2 Å². The van der Waals surface area contributed by atoms with E-state index in [2.05, 4.69) is 4.98 Å². The Bertz CT molecular complexity index is 894. The molecule has 0 aromatic carbocycles. The fourth-order valence-electron chi connectivity index (χ4n) is 3.43. The van der Waals surface area contributed by atoms with E-state index in [0.29, 0.717) is 30.7 Å². The molecule has 0 atom stereocenters. The molecule has 0 bridgehead atoms. The lowest BCUT2D eigenvalue weighted by Crippen LogP contribution is -2.39. The van der Waals surface area contributed by atoms with Crippen molar-refractivity contribution in [1.29, 1.82) is 0 Å². The number of esters is 1. The zero-order valence-electron chi connectivity index (χ0n) is 17.3. The van der Waals surface area contributed by atoms with Gasteiger partial charge in [0, 0.05) is 27.1 Å². The van der Waals surface area contributed by atoms with E-state index in [4.69, 9.17) is 4.74 Å². The Morgan fingerprint density at radius 2 is 1.61 bits per heavy atom. The Morgan fingerprint density at radius 1 is 1.00 bits per heavy atom. The van der Waals surface area contributed by atoms with E-state index in [1.165, 1.54) is 9.13 Å². The summed E-state index contributed by atoms with van der Waals surface area (Å²) >= 11 is 0. The van der Waals surface area contributed by atoms with E-state index in [1.54, 1.807) is 25.0 Å². The fourth-order valence-corrected chi connectivity index (χ4v) is 3.43. The topological polar surface area (TPSA) is 88.1 Å². The highest BCUT2D eigenvalue weighted by Gasteiger charge is 2.14. The molecule has 0 saturated heterocycles. The molecule has 8 nitrogen and oxygen atoms in total. The molecule has 2 aromatic heterocycles. The van der Waals surface area contributed by atoms with Crippen LogP contribution in [-0.2, 0) is 30.2 Å². The number of ether oxygens (including phenoxy) is 1. The third-order valence-electron chi connectivity index (χ3n) is 5.02. The van der Waals surface area contributed by atoms with E-state index >= 15 is 0 Å². The molecule has 28 heavy (non-hydrogen) atoms. The van der Waals surface area contributed by atoms with Crippen molar-refractivity contribution in [3.63, 3.8) is 0 Å². The van der Waals surface area contributed by atoms with Gasteiger partial charge in [-0.25, -0.2) is 9.78 Å². The molecule has 0 saturated carbocycles. The van der Waals surface area contributed by atoms with Crippen LogP contribution in [0, 0.1) is 0 Å². The Labute approximate surface area is 165 Å². The summed E-state index contributed by atoms with van der Waals surface area (Å²) in [4.78, 5) is 40.4. The summed E-state index contributed by atoms with van der Waals surface area (Å²) in [6.45, 7) is 2.71. The van der Waals surface area contributed by atoms with Crippen LogP contribution in [0.25, 0.3) is 11.2 Å². The van der Waals surface area contributed by atoms with Crippen molar-refractivity contribution in [3.8, 4) is 0 Å². The first-order chi connectivity index (χ1) is 13.5. The number of carbonyl (C=O) groups is 1. The van der Waals surface area contributed by atoms with E-state index < -0.39 is 0 Å². The molecule has 0 amide bonds. The second-order valence-electron chi connectivity index (χ2n) is 7.21. The second-order valence-corrected chi connectivity index (χ2v) is 7.21. The average Bonchev–Trinajstić information content (AvgIpc) is 3.06. The van der Waals surface area contributed by atoms with Gasteiger partial charge in [0.05, 0.1) is 12.9 Å². The molecule has 8 heteroatoms. The van der Waals surface area contributed by atoms with Gasteiger partial charge in [0.15, 0.2) is 11.2 Å². The molecular formula is C20H32N4O4. The summed E-state index contributed by atoms with van der Waals surface area (Å²) in [6.07, 6.45) is 10.3. The van der Waals surface area contributed by atoms with E-state index in [0.717, 1.165) is 51.4 Å². The number of aryl methyl sites for hydroxylation is 2. The summed E-state index contributed by atoms with van der Waals surface area (Å²) in [7, 11) is 3.41. The van der Waals surface area contributed by atoms with Crippen molar-refractivity contribution < 1.29 is 9.53 Å². The molecule has 2 heterocycles. The van der Waals surface area contributed by atoms with Crippen LogP contribution in [0.2, 0.25) is 0 Å². The number of unbranched alkanes of at least 4 members (excludes halogenated alkanes) is 7. The third kappa shape index (κ3) is 5.56. The Morgan fingerprint density at radius 3 is 2.25 bits per heavy atom. The van der Waals surface area contributed by atoms with Crippen LogP contribution in [0.5, 0.6) is 0 Å². The first-order valence-corrected chi connectivity index (χ1v) is 10.2. The standard InChI is InChI=1S/C20H32N4O4/c1-4-28-16(25)13-11-9-7-5-6-8-10-12-14-24-19(26)17-18(21-15-22(17)2)23(3)20(24)27/h15H,4-14H2,1-3H3. The molecule has 0 spiro atoms. The third-order valence-corrected chi connectivity index (χ3v) is 5.02. The maximum atomic E-state index is 12.6. The fraction of sp³-hybridized carbons (Fsp3) is 0.700. The molecule has 156 valence electrons. The Balaban J connectivity index is 1.68. The van der Waals surface area contributed by atoms with Gasteiger partial charge in [-0.3, -0.25) is 18.7 Å². The molecule has 0 radical (unpaired) electrons. The quantitative estimate of drug-likeness (QED) is 0.409. The summed E-state index contributed by atoms with van der Waals surface area (Å²) in [5, 5.41) is 0. The van der Waals surface area contributed by atoms with Gasteiger partial charge in [0.1, 0.15) is 0 Å². The number of imidazole rings is 1. The first-order valence-electron chi connectivity index (χ1n) is 10.2. The highest BCUT2D eigenvalue weighted by atomic mass is 16.5. The molecule has 0 unspecified atom stereocenters. The lowest BCUT2D eigenvalue weighted by atomic mass is 10.1. The molecule has 0 aliphatic heterocycles. The summed E-state index contributed by atoms with van der Waals surface area (Å²) in [6, 6.07) is 0. The molecule has 2 aromatic rings. The maximum absolute atomic E-state index is 12.6. The minimum absolute atomic E-state index is 0.104. The molecule has 0 aliphatic carbocycles. The predicted molar refractivity (Wildman–Crippen MR) is 108 cm³/mol. The highest BCUT2D eigenvalue weighted by Crippen LogP contribution is 2.10. The van der Waals surface area contributed by atoms with Crippen LogP contribution in [0.3, 0.4) is 0 Å². The van der Waals surface area contributed by atoms with Gasteiger partial charge in [0.25, 0.3) is 5.56 Å². The molecule has 0 N–H and O–H groups in total. The lowest BCUT2D eigenvalue weighted by molar-refractivity contribution is -0.143. The van der Waals surface area contributed by atoms with Gasteiger partial charge < -0.3 is 9.30 Å². The minimum Gasteiger partial charge on any atom is -0.466 e. The monoisotopic (exact) mass is 392 g/mol. The van der Waals surface area contributed by atoms with E-state index in [1.807, 2.05) is 6.92 Å². The zero-order chi connectivity index (χ0) is 20.5. The predicted octanol–water partition coefficient (Wildman–Crippen LogP) is 2.51. The van der Waals surface area contributed by atoms with Gasteiger partial charge in [-0.15, -0.1) is 0 Å². The summed E-state index contributed by atoms with van der Waals surface area (Å²) in [5.41, 5.74) is 0.319. The smallest absolute Gasteiger partial charge is 0.332 e. The van der Waals surface area contributed by atoms with Gasteiger partial charge in [-0.2, -0.15) is 0 Å². The average molecular weight is 393 g/mol. The number of hydrogen-bond donors (Lipinski definition) is 0. The normalized spacial score (nSPS) is 11.2. The van der Waals surface area contributed by atoms with Crippen LogP contribution in [0.4, 0.5) is 0 Å². The summed E-state index contributed by atoms with van der Waals surface area (Å²) in [5.74, 6) is -0.104. The van der Waals surface area contributed by atoms with Gasteiger partial charge in [-0.05, 0) is 19.8 Å². The largest absolute Gasteiger partial charge is 0.466 e. The van der Waals surface area contributed by atoms with Crippen LogP contribution in [0.1, 0.15) is 64.7 Å². The lowest BCUT2D eigenvalue weighted by Gasteiger charge is -2.08. The molecule has 0 fully saturated rings. The minimum atomic E-state index is -0.308.